The first-order chi connectivity index (χ1) is 18.3. The van der Waals surface area contributed by atoms with Crippen LogP contribution in [0.3, 0.4) is 0 Å². The molecule has 190 valence electrons. The van der Waals surface area contributed by atoms with Crippen LogP contribution in [0.5, 0.6) is 0 Å². The van der Waals surface area contributed by atoms with Gasteiger partial charge in [-0.15, -0.1) is 0 Å². The minimum atomic E-state index is -1.15. The zero-order valence-corrected chi connectivity index (χ0v) is 21.5. The van der Waals surface area contributed by atoms with E-state index in [0.29, 0.717) is 38.6 Å². The Morgan fingerprint density at radius 2 is 1.82 bits per heavy atom. The molecule has 0 radical (unpaired) electrons. The van der Waals surface area contributed by atoms with Crippen LogP contribution in [0.15, 0.2) is 79.4 Å². The maximum absolute atomic E-state index is 11.1. The van der Waals surface area contributed by atoms with Crippen LogP contribution >= 0.6 is 11.6 Å². The molecule has 3 aromatic heterocycles. The van der Waals surface area contributed by atoms with E-state index >= 15 is 0 Å². The average molecular weight is 525 g/mol. The summed E-state index contributed by atoms with van der Waals surface area (Å²) >= 11 is 6.72. The molecule has 0 saturated carbocycles. The van der Waals surface area contributed by atoms with Gasteiger partial charge in [0.15, 0.2) is 0 Å². The van der Waals surface area contributed by atoms with Crippen molar-refractivity contribution in [2.75, 3.05) is 10.6 Å². The molecule has 10 heteroatoms. The van der Waals surface area contributed by atoms with E-state index in [1.54, 1.807) is 38.5 Å². The molecule has 0 aliphatic heterocycles. The van der Waals surface area contributed by atoms with Crippen molar-refractivity contribution >= 4 is 33.9 Å². The van der Waals surface area contributed by atoms with E-state index in [2.05, 4.69) is 42.1 Å². The number of aliphatic hydroxyl groups is 1. The number of hydrogen-bond donors (Lipinski definition) is 4. The van der Waals surface area contributed by atoms with Gasteiger partial charge in [0.2, 0.25) is 0 Å². The zero-order valence-electron chi connectivity index (χ0n) is 20.7. The highest BCUT2D eigenvalue weighted by Gasteiger charge is 2.30. The maximum Gasteiger partial charge on any atom is 0.109 e. The molecular weight excluding hydrogens is 500 g/mol. The van der Waals surface area contributed by atoms with Gasteiger partial charge in [-0.3, -0.25) is 9.97 Å². The van der Waals surface area contributed by atoms with E-state index in [1.807, 2.05) is 48.5 Å². The van der Waals surface area contributed by atoms with Gasteiger partial charge in [-0.25, -0.2) is 0 Å². The van der Waals surface area contributed by atoms with E-state index in [9.17, 15) is 10.4 Å². The van der Waals surface area contributed by atoms with Crippen LogP contribution in [0, 0.1) is 11.3 Å². The van der Waals surface area contributed by atoms with Crippen LogP contribution in [0.2, 0.25) is 5.02 Å². The number of aromatic amines is 1. The lowest BCUT2D eigenvalue weighted by Gasteiger charge is -2.32. The molecule has 5 aromatic rings. The molecule has 0 saturated heterocycles. The molecule has 2 atom stereocenters. The third-order valence-electron chi connectivity index (χ3n) is 6.23. The number of aromatic nitrogens is 5. The van der Waals surface area contributed by atoms with Crippen molar-refractivity contribution < 1.29 is 5.11 Å². The largest absolute Gasteiger partial charge is 0.388 e. The first-order valence-corrected chi connectivity index (χ1v) is 12.3. The van der Waals surface area contributed by atoms with Crippen LogP contribution in [0.25, 0.3) is 10.9 Å². The lowest BCUT2D eigenvalue weighted by molar-refractivity contribution is 0.0589. The van der Waals surface area contributed by atoms with Gasteiger partial charge in [-0.1, -0.05) is 48.0 Å². The average Bonchev–Trinajstić information content (AvgIpc) is 3.45. The van der Waals surface area contributed by atoms with E-state index in [1.165, 1.54) is 6.20 Å². The van der Waals surface area contributed by atoms with Gasteiger partial charge in [0.25, 0.3) is 0 Å². The molecule has 0 amide bonds. The number of hydrogen-bond acceptors (Lipinski definition) is 8. The van der Waals surface area contributed by atoms with Crippen LogP contribution in [0.1, 0.15) is 48.3 Å². The molecule has 0 bridgehead atoms. The van der Waals surface area contributed by atoms with Crippen LogP contribution in [-0.4, -0.2) is 36.1 Å². The molecule has 1 unspecified atom stereocenters. The Labute approximate surface area is 224 Å². The summed E-state index contributed by atoms with van der Waals surface area (Å²) in [5.41, 5.74) is 3.33. The van der Waals surface area contributed by atoms with Crippen molar-refractivity contribution in [3.8, 4) is 6.07 Å². The molecule has 3 heterocycles. The topological polar surface area (TPSA) is 135 Å². The summed E-state index contributed by atoms with van der Waals surface area (Å²) in [5.74, 6) is 0. The van der Waals surface area contributed by atoms with Crippen LogP contribution < -0.4 is 10.6 Å². The minimum absolute atomic E-state index is 0.330. The Hall–Kier alpha value is -4.52. The minimum Gasteiger partial charge on any atom is -0.388 e. The lowest BCUT2D eigenvalue weighted by atomic mass is 9.91. The summed E-state index contributed by atoms with van der Waals surface area (Å²) in [6, 6.07) is 18.4. The van der Waals surface area contributed by atoms with Crippen molar-refractivity contribution in [2.24, 2.45) is 0 Å². The molecule has 9 nitrogen and oxygen atoms in total. The van der Waals surface area contributed by atoms with Gasteiger partial charge in [0, 0.05) is 29.7 Å². The third kappa shape index (κ3) is 5.13. The molecule has 0 fully saturated rings. The highest BCUT2D eigenvalue weighted by atomic mass is 35.5. The molecule has 0 aliphatic rings. The molecular formula is C28H25ClN8O. The maximum atomic E-state index is 11.1. The Balaban J connectivity index is 1.63. The number of fused-ring (bicyclic) bond motifs is 1. The highest BCUT2D eigenvalue weighted by Crippen LogP contribution is 2.38. The second kappa shape index (κ2) is 10.5. The van der Waals surface area contributed by atoms with Crippen LogP contribution in [-0.2, 0) is 0 Å². The normalized spacial score (nSPS) is 13.0. The predicted octanol–water partition coefficient (Wildman–Crippen LogP) is 5.40. The SMILES string of the molecule is CC(C)(O)[C@@H](Nc1c(C#N)cnc2c(Cl)cc(NC(c3cccnc3)c3cn[nH]n3)cc12)c1ccccc1. The molecule has 2 aromatic carbocycles. The highest BCUT2D eigenvalue weighted by molar-refractivity contribution is 6.35. The number of nitrogens with one attached hydrogen (secondary N) is 3. The number of H-pyrrole nitrogens is 1. The van der Waals surface area contributed by atoms with Crippen molar-refractivity contribution in [3.05, 3.63) is 107 Å². The first-order valence-electron chi connectivity index (χ1n) is 11.9. The summed E-state index contributed by atoms with van der Waals surface area (Å²) in [5, 5.41) is 39.8. The molecule has 38 heavy (non-hydrogen) atoms. The number of anilines is 2. The quantitative estimate of drug-likeness (QED) is 0.212. The second-order valence-electron chi connectivity index (χ2n) is 9.41. The third-order valence-corrected chi connectivity index (χ3v) is 6.52. The Morgan fingerprint density at radius 3 is 2.47 bits per heavy atom. The summed E-state index contributed by atoms with van der Waals surface area (Å²) in [6.45, 7) is 3.45. The molecule has 4 N–H and O–H groups in total. The van der Waals surface area contributed by atoms with E-state index in [4.69, 9.17) is 11.6 Å². The number of nitrogens with zero attached hydrogens (tertiary/aromatic N) is 5. The van der Waals surface area contributed by atoms with E-state index < -0.39 is 11.6 Å². The molecule has 5 rings (SSSR count). The zero-order chi connectivity index (χ0) is 26.7. The number of benzene rings is 2. The van der Waals surface area contributed by atoms with E-state index in [0.717, 1.165) is 11.1 Å². The Bertz CT molecular complexity index is 1580. The van der Waals surface area contributed by atoms with Gasteiger partial charge >= 0.3 is 0 Å². The summed E-state index contributed by atoms with van der Waals surface area (Å²) in [6.07, 6.45) is 6.59. The molecule has 0 aliphatic carbocycles. The molecule has 0 spiro atoms. The number of pyridine rings is 2. The lowest BCUT2D eigenvalue weighted by Crippen LogP contribution is -2.34. The fourth-order valence-corrected chi connectivity index (χ4v) is 4.70. The Morgan fingerprint density at radius 1 is 1.03 bits per heavy atom. The first kappa shape index (κ1) is 25.1. The Kier molecular flexibility index (Phi) is 6.92. The summed E-state index contributed by atoms with van der Waals surface area (Å²) < 4.78 is 0. The van der Waals surface area contributed by atoms with Crippen LogP contribution in [0.4, 0.5) is 11.4 Å². The van der Waals surface area contributed by atoms with E-state index in [-0.39, 0.29) is 6.04 Å². The van der Waals surface area contributed by atoms with Gasteiger partial charge in [0.05, 0.1) is 45.7 Å². The fourth-order valence-electron chi connectivity index (χ4n) is 4.43. The van der Waals surface area contributed by atoms with Gasteiger partial charge in [-0.05, 0) is 43.2 Å². The number of rotatable bonds is 8. The van der Waals surface area contributed by atoms with Crippen molar-refractivity contribution in [3.63, 3.8) is 0 Å². The van der Waals surface area contributed by atoms with Gasteiger partial charge < -0.3 is 15.7 Å². The monoisotopic (exact) mass is 524 g/mol. The predicted molar refractivity (Wildman–Crippen MR) is 147 cm³/mol. The number of nitriles is 1. The summed E-state index contributed by atoms with van der Waals surface area (Å²) in [7, 11) is 0. The van der Waals surface area contributed by atoms with Gasteiger partial charge in [-0.2, -0.15) is 20.7 Å². The number of halogens is 1. The fraction of sp³-hybridized carbons (Fsp3) is 0.179. The second-order valence-corrected chi connectivity index (χ2v) is 9.82. The van der Waals surface area contributed by atoms with Crippen molar-refractivity contribution in [1.82, 2.24) is 25.4 Å². The standard InChI is InChI=1S/C28H25ClN8O/c1-28(2,38)27(17-7-4-3-5-8-17)35-24-19(13-30)15-32-26-21(24)11-20(12-22(26)29)34-25(23-16-33-37-36-23)18-9-6-10-31-14-18/h3-12,14-16,25,27,34,38H,1-2H3,(H,32,35)(H,33,36,37)/t25?,27-/m0/s1. The van der Waals surface area contributed by atoms with Gasteiger partial charge in [0.1, 0.15) is 11.8 Å². The smallest absolute Gasteiger partial charge is 0.109 e. The summed E-state index contributed by atoms with van der Waals surface area (Å²) in [4.78, 5) is 8.70. The van der Waals surface area contributed by atoms with Crippen molar-refractivity contribution in [2.45, 2.75) is 31.5 Å². The van der Waals surface area contributed by atoms with Crippen molar-refractivity contribution in [1.29, 1.82) is 5.26 Å².